The van der Waals surface area contributed by atoms with Gasteiger partial charge >= 0.3 is 0 Å². The van der Waals surface area contributed by atoms with Crippen LogP contribution in [-0.2, 0) is 11.3 Å². The number of carbonyl (C=O) groups is 1. The number of nitrogens with zero attached hydrogens (tertiary/aromatic N) is 1. The van der Waals surface area contributed by atoms with E-state index in [0.29, 0.717) is 6.54 Å². The first kappa shape index (κ1) is 13.7. The van der Waals surface area contributed by atoms with E-state index in [-0.39, 0.29) is 18.0 Å². The van der Waals surface area contributed by atoms with Crippen molar-refractivity contribution in [1.29, 1.82) is 0 Å². The summed E-state index contributed by atoms with van der Waals surface area (Å²) < 4.78 is 5.05. The van der Waals surface area contributed by atoms with Gasteiger partial charge in [0, 0.05) is 12.1 Å². The second-order valence-electron chi connectivity index (χ2n) is 4.36. The fourth-order valence-corrected chi connectivity index (χ4v) is 1.32. The van der Waals surface area contributed by atoms with Crippen LogP contribution in [0.15, 0.2) is 10.6 Å². The van der Waals surface area contributed by atoms with Crippen molar-refractivity contribution in [3.05, 3.63) is 17.5 Å². The number of aromatic nitrogens is 1. The van der Waals surface area contributed by atoms with Crippen LogP contribution in [0.4, 0.5) is 0 Å². The number of carbonyl (C=O) groups excluding carboxylic acids is 1. The van der Waals surface area contributed by atoms with Crippen LogP contribution in [0.25, 0.3) is 0 Å². The van der Waals surface area contributed by atoms with E-state index in [4.69, 9.17) is 4.52 Å². The first-order chi connectivity index (χ1) is 8.02. The van der Waals surface area contributed by atoms with Gasteiger partial charge in [0.15, 0.2) is 5.76 Å². The summed E-state index contributed by atoms with van der Waals surface area (Å²) in [7, 11) is 0. The second-order valence-corrected chi connectivity index (χ2v) is 4.36. The lowest BCUT2D eigenvalue weighted by atomic mass is 10.2. The van der Waals surface area contributed by atoms with Gasteiger partial charge in [-0.25, -0.2) is 0 Å². The minimum atomic E-state index is -0.241. The zero-order chi connectivity index (χ0) is 12.8. The van der Waals surface area contributed by atoms with E-state index in [9.17, 15) is 4.79 Å². The van der Waals surface area contributed by atoms with Crippen molar-refractivity contribution in [3.8, 4) is 0 Å². The molecule has 1 aromatic rings. The fourth-order valence-electron chi connectivity index (χ4n) is 1.32. The van der Waals surface area contributed by atoms with Crippen molar-refractivity contribution < 1.29 is 9.32 Å². The van der Waals surface area contributed by atoms with Crippen LogP contribution in [0.3, 0.4) is 0 Å². The van der Waals surface area contributed by atoms with Gasteiger partial charge in [-0.15, -0.1) is 0 Å². The van der Waals surface area contributed by atoms with E-state index in [1.165, 1.54) is 0 Å². The average Bonchev–Trinajstić information content (AvgIpc) is 2.71. The highest BCUT2D eigenvalue weighted by Gasteiger charge is 2.14. The molecule has 2 atom stereocenters. The van der Waals surface area contributed by atoms with E-state index < -0.39 is 0 Å². The van der Waals surface area contributed by atoms with Crippen molar-refractivity contribution in [1.82, 2.24) is 15.8 Å². The van der Waals surface area contributed by atoms with E-state index in [2.05, 4.69) is 15.8 Å². The van der Waals surface area contributed by atoms with Crippen LogP contribution < -0.4 is 10.6 Å². The van der Waals surface area contributed by atoms with Gasteiger partial charge in [-0.1, -0.05) is 12.1 Å². The highest BCUT2D eigenvalue weighted by molar-refractivity contribution is 5.81. The van der Waals surface area contributed by atoms with E-state index in [1.54, 1.807) is 0 Å². The topological polar surface area (TPSA) is 67.2 Å². The standard InChI is InChI=1S/C12H21N3O2/c1-5-8(2)14-12(16)10(4)13-7-11-6-9(3)15-17-11/h6,8,10,13H,5,7H2,1-4H3,(H,14,16). The Morgan fingerprint density at radius 3 is 2.76 bits per heavy atom. The SMILES string of the molecule is CCC(C)NC(=O)C(C)NCc1cc(C)no1. The van der Waals surface area contributed by atoms with Gasteiger partial charge in [-0.05, 0) is 27.2 Å². The minimum Gasteiger partial charge on any atom is -0.360 e. The average molecular weight is 239 g/mol. The highest BCUT2D eigenvalue weighted by Crippen LogP contribution is 2.01. The molecule has 0 aliphatic heterocycles. The number of aryl methyl sites for hydroxylation is 1. The Balaban J connectivity index is 2.33. The van der Waals surface area contributed by atoms with Gasteiger partial charge < -0.3 is 9.84 Å². The molecule has 0 radical (unpaired) electrons. The van der Waals surface area contributed by atoms with Crippen molar-refractivity contribution in [2.75, 3.05) is 0 Å². The van der Waals surface area contributed by atoms with Crippen LogP contribution in [0.2, 0.25) is 0 Å². The van der Waals surface area contributed by atoms with E-state index in [1.807, 2.05) is 33.8 Å². The Kier molecular flexibility index (Phi) is 5.15. The largest absolute Gasteiger partial charge is 0.360 e. The monoisotopic (exact) mass is 239 g/mol. The lowest BCUT2D eigenvalue weighted by Crippen LogP contribution is -2.44. The molecule has 0 bridgehead atoms. The first-order valence-corrected chi connectivity index (χ1v) is 5.98. The molecule has 0 spiro atoms. The first-order valence-electron chi connectivity index (χ1n) is 5.98. The van der Waals surface area contributed by atoms with Crippen LogP contribution >= 0.6 is 0 Å². The lowest BCUT2D eigenvalue weighted by molar-refractivity contribution is -0.123. The van der Waals surface area contributed by atoms with Gasteiger partial charge in [-0.3, -0.25) is 10.1 Å². The number of hydrogen-bond acceptors (Lipinski definition) is 4. The minimum absolute atomic E-state index is 0.00980. The summed E-state index contributed by atoms with van der Waals surface area (Å²) in [5.74, 6) is 0.751. The second kappa shape index (κ2) is 6.39. The molecule has 5 nitrogen and oxygen atoms in total. The lowest BCUT2D eigenvalue weighted by Gasteiger charge is -2.16. The number of hydrogen-bond donors (Lipinski definition) is 2. The number of rotatable bonds is 6. The molecular weight excluding hydrogens is 218 g/mol. The molecule has 1 heterocycles. The zero-order valence-electron chi connectivity index (χ0n) is 10.9. The van der Waals surface area contributed by atoms with Gasteiger partial charge in [0.25, 0.3) is 0 Å². The molecular formula is C12H21N3O2. The third-order valence-corrected chi connectivity index (χ3v) is 2.65. The maximum atomic E-state index is 11.7. The number of amides is 1. The van der Waals surface area contributed by atoms with E-state index >= 15 is 0 Å². The van der Waals surface area contributed by atoms with Crippen LogP contribution in [0.5, 0.6) is 0 Å². The molecule has 2 unspecified atom stereocenters. The summed E-state index contributed by atoms with van der Waals surface area (Å²) >= 11 is 0. The summed E-state index contributed by atoms with van der Waals surface area (Å²) in [4.78, 5) is 11.7. The Hall–Kier alpha value is -1.36. The summed E-state index contributed by atoms with van der Waals surface area (Å²) in [6, 6.07) is 1.82. The third-order valence-electron chi connectivity index (χ3n) is 2.65. The van der Waals surface area contributed by atoms with Crippen molar-refractivity contribution in [3.63, 3.8) is 0 Å². The molecule has 17 heavy (non-hydrogen) atoms. The van der Waals surface area contributed by atoms with Crippen LogP contribution in [-0.4, -0.2) is 23.1 Å². The van der Waals surface area contributed by atoms with Crippen LogP contribution in [0.1, 0.15) is 38.6 Å². The smallest absolute Gasteiger partial charge is 0.237 e. The van der Waals surface area contributed by atoms with Gasteiger partial charge in [0.05, 0.1) is 18.3 Å². The molecule has 0 saturated carbocycles. The zero-order valence-corrected chi connectivity index (χ0v) is 10.9. The summed E-state index contributed by atoms with van der Waals surface area (Å²) in [6.07, 6.45) is 0.930. The quantitative estimate of drug-likeness (QED) is 0.787. The summed E-state index contributed by atoms with van der Waals surface area (Å²) in [5.41, 5.74) is 0.846. The van der Waals surface area contributed by atoms with Gasteiger partial charge in [0.2, 0.25) is 5.91 Å². The molecule has 0 fully saturated rings. The molecule has 5 heteroatoms. The molecule has 1 amide bonds. The predicted molar refractivity (Wildman–Crippen MR) is 65.4 cm³/mol. The van der Waals surface area contributed by atoms with Crippen LogP contribution in [0, 0.1) is 6.92 Å². The van der Waals surface area contributed by atoms with Gasteiger partial charge in [-0.2, -0.15) is 0 Å². The number of nitrogens with one attached hydrogen (secondary N) is 2. The Labute approximate surface area is 102 Å². The predicted octanol–water partition coefficient (Wildman–Crippen LogP) is 1.38. The van der Waals surface area contributed by atoms with E-state index in [0.717, 1.165) is 17.9 Å². The molecule has 0 aliphatic carbocycles. The van der Waals surface area contributed by atoms with Crippen molar-refractivity contribution in [2.45, 2.75) is 52.7 Å². The maximum absolute atomic E-state index is 11.7. The molecule has 2 N–H and O–H groups in total. The van der Waals surface area contributed by atoms with Gasteiger partial charge in [0.1, 0.15) is 0 Å². The highest BCUT2D eigenvalue weighted by atomic mass is 16.5. The molecule has 1 aromatic heterocycles. The maximum Gasteiger partial charge on any atom is 0.237 e. The molecule has 96 valence electrons. The molecule has 0 saturated heterocycles. The Bertz CT molecular complexity index is 362. The third kappa shape index (κ3) is 4.56. The molecule has 1 rings (SSSR count). The van der Waals surface area contributed by atoms with Crippen molar-refractivity contribution in [2.24, 2.45) is 0 Å². The normalized spacial score (nSPS) is 14.4. The summed E-state index contributed by atoms with van der Waals surface area (Å²) in [5, 5.41) is 9.80. The fraction of sp³-hybridized carbons (Fsp3) is 0.667. The summed E-state index contributed by atoms with van der Waals surface area (Å²) in [6.45, 7) is 8.24. The molecule has 0 aliphatic rings. The van der Waals surface area contributed by atoms with Crippen molar-refractivity contribution >= 4 is 5.91 Å². The Morgan fingerprint density at radius 2 is 2.24 bits per heavy atom. The molecule has 0 aromatic carbocycles. The Morgan fingerprint density at radius 1 is 1.53 bits per heavy atom.